The number of anilines is 2. The molecule has 7 heteroatoms. The fourth-order valence-electron chi connectivity index (χ4n) is 5.00. The Kier molecular flexibility index (Phi) is 5.82. The van der Waals surface area contributed by atoms with Gasteiger partial charge in [0, 0.05) is 86.9 Å². The van der Waals surface area contributed by atoms with Gasteiger partial charge < -0.3 is 15.0 Å². The Labute approximate surface area is 195 Å². The predicted octanol–water partition coefficient (Wildman–Crippen LogP) is 3.81. The van der Waals surface area contributed by atoms with Crippen molar-refractivity contribution in [2.24, 2.45) is 5.92 Å². The standard InChI is InChI=1S/C26H32N6O/c1-2-19(1)18-31-9-11-32(12-10-31)26-23-4-7-27-17-21(23)15-24(30-26)20-3-8-28-25(16-20)29-22-5-13-33-14-6-22/h3-4,7-8,15-17,19,22H,1-2,5-6,9-14,18H2,(H,28,29). The summed E-state index contributed by atoms with van der Waals surface area (Å²) in [5, 5.41) is 5.90. The molecule has 1 aliphatic carbocycles. The van der Waals surface area contributed by atoms with E-state index >= 15 is 0 Å². The van der Waals surface area contributed by atoms with Crippen molar-refractivity contribution >= 4 is 22.4 Å². The molecule has 3 aliphatic rings. The zero-order chi connectivity index (χ0) is 22.0. The summed E-state index contributed by atoms with van der Waals surface area (Å²) in [6.45, 7) is 7.17. The molecule has 33 heavy (non-hydrogen) atoms. The summed E-state index contributed by atoms with van der Waals surface area (Å²) in [6, 6.07) is 8.84. The molecule has 2 saturated heterocycles. The lowest BCUT2D eigenvalue weighted by Crippen LogP contribution is -2.47. The van der Waals surface area contributed by atoms with Crippen molar-refractivity contribution in [2.75, 3.05) is 56.2 Å². The largest absolute Gasteiger partial charge is 0.381 e. The van der Waals surface area contributed by atoms with Crippen molar-refractivity contribution in [1.82, 2.24) is 19.9 Å². The maximum Gasteiger partial charge on any atom is 0.137 e. The Morgan fingerprint density at radius 2 is 1.82 bits per heavy atom. The minimum Gasteiger partial charge on any atom is -0.381 e. The number of aromatic nitrogens is 3. The van der Waals surface area contributed by atoms with E-state index < -0.39 is 0 Å². The number of nitrogens with one attached hydrogen (secondary N) is 1. The first-order chi connectivity index (χ1) is 16.3. The van der Waals surface area contributed by atoms with E-state index in [1.54, 1.807) is 0 Å². The molecule has 6 rings (SSSR count). The van der Waals surface area contributed by atoms with Crippen LogP contribution in [0.3, 0.4) is 0 Å². The van der Waals surface area contributed by atoms with Crippen molar-refractivity contribution in [3.05, 3.63) is 42.9 Å². The van der Waals surface area contributed by atoms with Crippen LogP contribution in [0.5, 0.6) is 0 Å². The van der Waals surface area contributed by atoms with Gasteiger partial charge in [0.25, 0.3) is 0 Å². The van der Waals surface area contributed by atoms with Gasteiger partial charge in [0.15, 0.2) is 0 Å². The van der Waals surface area contributed by atoms with Gasteiger partial charge in [-0.05, 0) is 55.9 Å². The lowest BCUT2D eigenvalue weighted by molar-refractivity contribution is 0.0904. The number of ether oxygens (including phenoxy) is 1. The second-order valence-electron chi connectivity index (χ2n) is 9.62. The molecular formula is C26H32N6O. The van der Waals surface area contributed by atoms with Crippen molar-refractivity contribution in [1.29, 1.82) is 0 Å². The lowest BCUT2D eigenvalue weighted by atomic mass is 10.1. The minimum absolute atomic E-state index is 0.415. The molecule has 7 nitrogen and oxygen atoms in total. The molecule has 0 spiro atoms. The number of piperazine rings is 1. The monoisotopic (exact) mass is 444 g/mol. The van der Waals surface area contributed by atoms with Gasteiger partial charge in [-0.15, -0.1) is 0 Å². The third-order valence-electron chi connectivity index (χ3n) is 7.13. The van der Waals surface area contributed by atoms with Gasteiger partial charge in [-0.1, -0.05) is 0 Å². The molecule has 2 aliphatic heterocycles. The molecule has 3 fully saturated rings. The van der Waals surface area contributed by atoms with Crippen LogP contribution in [0.15, 0.2) is 42.9 Å². The first-order valence-electron chi connectivity index (χ1n) is 12.3. The van der Waals surface area contributed by atoms with Crippen LogP contribution in [-0.4, -0.2) is 71.8 Å². The third kappa shape index (κ3) is 4.80. The highest BCUT2D eigenvalue weighted by Crippen LogP contribution is 2.32. The Bertz CT molecular complexity index is 1100. The summed E-state index contributed by atoms with van der Waals surface area (Å²) >= 11 is 0. The number of nitrogens with zero attached hydrogens (tertiary/aromatic N) is 5. The van der Waals surface area contributed by atoms with Gasteiger partial charge in [0.2, 0.25) is 0 Å². The Morgan fingerprint density at radius 1 is 0.970 bits per heavy atom. The van der Waals surface area contributed by atoms with Crippen molar-refractivity contribution in [3.63, 3.8) is 0 Å². The first kappa shape index (κ1) is 20.8. The highest BCUT2D eigenvalue weighted by atomic mass is 16.5. The molecule has 1 saturated carbocycles. The van der Waals surface area contributed by atoms with Gasteiger partial charge in [0.1, 0.15) is 11.6 Å². The summed E-state index contributed by atoms with van der Waals surface area (Å²) in [5.41, 5.74) is 2.06. The molecule has 1 N–H and O–H groups in total. The average Bonchev–Trinajstić information content (AvgIpc) is 3.69. The Hall–Kier alpha value is -2.77. The second-order valence-corrected chi connectivity index (χ2v) is 9.62. The third-order valence-corrected chi connectivity index (χ3v) is 7.13. The number of hydrogen-bond acceptors (Lipinski definition) is 7. The van der Waals surface area contributed by atoms with E-state index in [9.17, 15) is 0 Å². The summed E-state index contributed by atoms with van der Waals surface area (Å²) < 4.78 is 5.49. The average molecular weight is 445 g/mol. The molecule has 5 heterocycles. The van der Waals surface area contributed by atoms with Gasteiger partial charge >= 0.3 is 0 Å². The lowest BCUT2D eigenvalue weighted by Gasteiger charge is -2.36. The summed E-state index contributed by atoms with van der Waals surface area (Å²) in [6.07, 6.45) is 10.6. The van der Waals surface area contributed by atoms with E-state index in [4.69, 9.17) is 9.72 Å². The zero-order valence-electron chi connectivity index (χ0n) is 19.1. The molecule has 0 aromatic carbocycles. The van der Waals surface area contributed by atoms with Crippen LogP contribution < -0.4 is 10.2 Å². The van der Waals surface area contributed by atoms with E-state index in [-0.39, 0.29) is 0 Å². The van der Waals surface area contributed by atoms with Crippen LogP contribution in [0.1, 0.15) is 25.7 Å². The van der Waals surface area contributed by atoms with E-state index in [0.29, 0.717) is 6.04 Å². The fraction of sp³-hybridized carbons (Fsp3) is 0.500. The first-order valence-corrected chi connectivity index (χ1v) is 12.3. The molecule has 0 radical (unpaired) electrons. The summed E-state index contributed by atoms with van der Waals surface area (Å²) in [4.78, 5) is 19.2. The van der Waals surface area contributed by atoms with Crippen LogP contribution in [0.2, 0.25) is 0 Å². The molecule has 3 aromatic heterocycles. The van der Waals surface area contributed by atoms with E-state index in [2.05, 4.69) is 49.4 Å². The van der Waals surface area contributed by atoms with Gasteiger partial charge in [-0.25, -0.2) is 9.97 Å². The van der Waals surface area contributed by atoms with Crippen LogP contribution in [-0.2, 0) is 4.74 Å². The van der Waals surface area contributed by atoms with Gasteiger partial charge in [-0.3, -0.25) is 9.88 Å². The van der Waals surface area contributed by atoms with Crippen molar-refractivity contribution in [3.8, 4) is 11.3 Å². The SMILES string of the molecule is c1cc2c(N3CCN(CC4CC4)CC3)nc(-c3ccnc(NC4CCOCC4)c3)cc2cn1. The Morgan fingerprint density at radius 3 is 2.64 bits per heavy atom. The molecule has 0 unspecified atom stereocenters. The van der Waals surface area contributed by atoms with Gasteiger partial charge in [0.05, 0.1) is 5.69 Å². The van der Waals surface area contributed by atoms with Crippen LogP contribution in [0.4, 0.5) is 11.6 Å². The molecule has 0 amide bonds. The van der Waals surface area contributed by atoms with Crippen LogP contribution in [0, 0.1) is 5.92 Å². The topological polar surface area (TPSA) is 66.4 Å². The maximum atomic E-state index is 5.49. The van der Waals surface area contributed by atoms with E-state index in [1.807, 2.05) is 18.6 Å². The molecular weight excluding hydrogens is 412 g/mol. The normalized spacial score (nSPS) is 20.3. The quantitative estimate of drug-likeness (QED) is 0.620. The van der Waals surface area contributed by atoms with E-state index in [0.717, 1.165) is 86.4 Å². The smallest absolute Gasteiger partial charge is 0.137 e. The van der Waals surface area contributed by atoms with Crippen LogP contribution in [0.25, 0.3) is 22.0 Å². The summed E-state index contributed by atoms with van der Waals surface area (Å²) in [7, 11) is 0. The number of rotatable bonds is 6. The molecule has 3 aromatic rings. The maximum absolute atomic E-state index is 5.49. The molecule has 0 bridgehead atoms. The molecule has 0 atom stereocenters. The van der Waals surface area contributed by atoms with Crippen LogP contribution >= 0.6 is 0 Å². The summed E-state index contributed by atoms with van der Waals surface area (Å²) in [5.74, 6) is 2.93. The number of hydrogen-bond donors (Lipinski definition) is 1. The second kappa shape index (κ2) is 9.23. The van der Waals surface area contributed by atoms with Gasteiger partial charge in [-0.2, -0.15) is 0 Å². The molecule has 172 valence electrons. The highest BCUT2D eigenvalue weighted by Gasteiger charge is 2.27. The van der Waals surface area contributed by atoms with Crippen molar-refractivity contribution < 1.29 is 4.74 Å². The minimum atomic E-state index is 0.415. The highest BCUT2D eigenvalue weighted by molar-refractivity contribution is 5.94. The number of fused-ring (bicyclic) bond motifs is 1. The predicted molar refractivity (Wildman–Crippen MR) is 132 cm³/mol. The Balaban J connectivity index is 1.27. The van der Waals surface area contributed by atoms with Crippen molar-refractivity contribution in [2.45, 2.75) is 31.7 Å². The number of pyridine rings is 3. The fourth-order valence-corrected chi connectivity index (χ4v) is 5.00. The van der Waals surface area contributed by atoms with E-state index in [1.165, 1.54) is 24.8 Å². The zero-order valence-corrected chi connectivity index (χ0v) is 19.1.